The summed E-state index contributed by atoms with van der Waals surface area (Å²) in [6.45, 7) is 4.45. The van der Waals surface area contributed by atoms with Crippen LogP contribution < -0.4 is 5.32 Å². The summed E-state index contributed by atoms with van der Waals surface area (Å²) in [6, 6.07) is 5.51. The number of nitrogens with zero attached hydrogens (tertiary/aromatic N) is 2. The minimum atomic E-state index is -0.618. The lowest BCUT2D eigenvalue weighted by molar-refractivity contribution is -0.384. The number of carbonyl (C=O) groups excluding carboxylic acids is 3. The molecule has 0 fully saturated rings. The summed E-state index contributed by atoms with van der Waals surface area (Å²) < 4.78 is 4.51. The van der Waals surface area contributed by atoms with Crippen LogP contribution in [0.1, 0.15) is 19.4 Å². The molecule has 27 heavy (non-hydrogen) atoms. The van der Waals surface area contributed by atoms with Crippen LogP contribution in [0.2, 0.25) is 0 Å². The van der Waals surface area contributed by atoms with Gasteiger partial charge >= 0.3 is 5.97 Å². The van der Waals surface area contributed by atoms with E-state index in [4.69, 9.17) is 0 Å². The first-order chi connectivity index (χ1) is 12.8. The van der Waals surface area contributed by atoms with Crippen LogP contribution in [-0.2, 0) is 25.5 Å². The summed E-state index contributed by atoms with van der Waals surface area (Å²) in [5.41, 5.74) is 1.04. The van der Waals surface area contributed by atoms with Gasteiger partial charge in [-0.3, -0.25) is 19.7 Å². The molecule has 0 radical (unpaired) electrons. The van der Waals surface area contributed by atoms with Crippen molar-refractivity contribution < 1.29 is 24.0 Å². The number of carbonyl (C=O) groups is 3. The molecule has 1 amide bonds. The van der Waals surface area contributed by atoms with E-state index >= 15 is 0 Å². The number of rotatable bonds is 10. The third kappa shape index (κ3) is 7.27. The van der Waals surface area contributed by atoms with Crippen molar-refractivity contribution in [2.45, 2.75) is 20.3 Å². The minimum absolute atomic E-state index is 0.0748. The van der Waals surface area contributed by atoms with Gasteiger partial charge in [0.1, 0.15) is 0 Å². The van der Waals surface area contributed by atoms with Gasteiger partial charge in [0.05, 0.1) is 12.0 Å². The van der Waals surface area contributed by atoms with Gasteiger partial charge in [-0.25, -0.2) is 4.79 Å². The van der Waals surface area contributed by atoms with E-state index in [-0.39, 0.29) is 18.7 Å². The van der Waals surface area contributed by atoms with Crippen LogP contribution in [0.5, 0.6) is 0 Å². The van der Waals surface area contributed by atoms with Crippen LogP contribution in [-0.4, -0.2) is 54.2 Å². The van der Waals surface area contributed by atoms with E-state index in [9.17, 15) is 24.5 Å². The lowest BCUT2D eigenvalue weighted by atomic mass is 10.1. The smallest absolute Gasteiger partial charge is 0.332 e. The van der Waals surface area contributed by atoms with Crippen LogP contribution in [0.25, 0.3) is 0 Å². The number of nitro benzene ring substituents is 1. The molecule has 0 unspecified atom stereocenters. The number of ketones is 1. The molecule has 1 N–H and O–H groups in total. The zero-order valence-corrected chi connectivity index (χ0v) is 15.6. The maximum Gasteiger partial charge on any atom is 0.332 e. The Morgan fingerprint density at radius 2 is 1.89 bits per heavy atom. The number of allylic oxidation sites excluding steroid dienone is 1. The predicted octanol–water partition coefficient (Wildman–Crippen LogP) is 1.22. The molecule has 9 heteroatoms. The maximum absolute atomic E-state index is 12.3. The number of benzene rings is 1. The molecular formula is C18H23N3O6. The average Bonchev–Trinajstić information content (AvgIpc) is 2.64. The van der Waals surface area contributed by atoms with Gasteiger partial charge in [0.2, 0.25) is 5.78 Å². The van der Waals surface area contributed by atoms with Crippen molar-refractivity contribution in [2.75, 3.05) is 26.7 Å². The summed E-state index contributed by atoms with van der Waals surface area (Å²) in [5.74, 6) is -1.69. The Morgan fingerprint density at radius 3 is 2.41 bits per heavy atom. The Hall–Kier alpha value is -3.23. The van der Waals surface area contributed by atoms with Gasteiger partial charge in [-0.2, -0.15) is 0 Å². The molecule has 0 spiro atoms. The largest absolute Gasteiger partial charge is 0.466 e. The SMILES string of the molecule is CCN(CCNC(C)=CC(=O)OC)C(=O)C(=O)Cc1ccc([N+](=O)[O-])cc1. The molecule has 0 saturated carbocycles. The first-order valence-electron chi connectivity index (χ1n) is 8.34. The van der Waals surface area contributed by atoms with E-state index in [0.29, 0.717) is 24.4 Å². The van der Waals surface area contributed by atoms with Gasteiger partial charge in [-0.05, 0) is 19.4 Å². The normalized spacial score (nSPS) is 10.9. The molecule has 0 aliphatic carbocycles. The highest BCUT2D eigenvalue weighted by Gasteiger charge is 2.20. The average molecular weight is 377 g/mol. The van der Waals surface area contributed by atoms with Crippen LogP contribution in [0.3, 0.4) is 0 Å². The van der Waals surface area contributed by atoms with E-state index in [1.165, 1.54) is 42.4 Å². The van der Waals surface area contributed by atoms with Crippen molar-refractivity contribution in [1.29, 1.82) is 0 Å². The fourth-order valence-corrected chi connectivity index (χ4v) is 2.25. The van der Waals surface area contributed by atoms with Gasteiger partial charge in [0.15, 0.2) is 0 Å². The summed E-state index contributed by atoms with van der Waals surface area (Å²) in [6.07, 6.45) is 1.17. The van der Waals surface area contributed by atoms with Crippen LogP contribution in [0.4, 0.5) is 5.69 Å². The molecule has 1 aromatic carbocycles. The number of Topliss-reactive ketones (excluding diaryl/α,β-unsaturated/α-hetero) is 1. The van der Waals surface area contributed by atoms with E-state index < -0.39 is 22.6 Å². The van der Waals surface area contributed by atoms with Crippen molar-refractivity contribution in [3.05, 3.63) is 51.7 Å². The van der Waals surface area contributed by atoms with Crippen LogP contribution in [0, 0.1) is 10.1 Å². The highest BCUT2D eigenvalue weighted by molar-refractivity contribution is 6.36. The Morgan fingerprint density at radius 1 is 1.26 bits per heavy atom. The molecule has 0 bridgehead atoms. The highest BCUT2D eigenvalue weighted by atomic mass is 16.6. The molecule has 1 rings (SSSR count). The standard InChI is InChI=1S/C18H23N3O6/c1-4-20(10-9-19-13(2)11-17(23)27-3)18(24)16(22)12-14-5-7-15(8-6-14)21(25)26/h5-8,11,19H,4,9-10,12H2,1-3H3. The third-order valence-electron chi connectivity index (χ3n) is 3.74. The van der Waals surface area contributed by atoms with Crippen molar-refractivity contribution >= 4 is 23.3 Å². The Bertz CT molecular complexity index is 727. The molecule has 0 aliphatic heterocycles. The van der Waals surface area contributed by atoms with Crippen LogP contribution in [0.15, 0.2) is 36.0 Å². The second-order valence-corrected chi connectivity index (χ2v) is 5.69. The number of ether oxygens (including phenoxy) is 1. The van der Waals surface area contributed by atoms with Gasteiger partial charge in [0.25, 0.3) is 11.6 Å². The van der Waals surface area contributed by atoms with Crippen LogP contribution >= 0.6 is 0 Å². The third-order valence-corrected chi connectivity index (χ3v) is 3.74. The Balaban J connectivity index is 2.58. The molecule has 0 aromatic heterocycles. The van der Waals surface area contributed by atoms with Crippen molar-refractivity contribution in [3.63, 3.8) is 0 Å². The molecule has 0 aliphatic rings. The lowest BCUT2D eigenvalue weighted by Gasteiger charge is -2.20. The zero-order chi connectivity index (χ0) is 20.4. The summed E-state index contributed by atoms with van der Waals surface area (Å²) in [4.78, 5) is 47.1. The van der Waals surface area contributed by atoms with Gasteiger partial charge in [-0.15, -0.1) is 0 Å². The quantitative estimate of drug-likeness (QED) is 0.214. The molecule has 9 nitrogen and oxygen atoms in total. The summed E-state index contributed by atoms with van der Waals surface area (Å²) in [5, 5.41) is 13.6. The van der Waals surface area contributed by atoms with E-state index in [1.54, 1.807) is 13.8 Å². The zero-order valence-electron chi connectivity index (χ0n) is 15.6. The fraction of sp³-hybridized carbons (Fsp3) is 0.389. The molecular weight excluding hydrogens is 354 g/mol. The fourth-order valence-electron chi connectivity index (χ4n) is 2.25. The number of likely N-dealkylation sites (N-methyl/N-ethyl adjacent to an activating group) is 1. The lowest BCUT2D eigenvalue weighted by Crippen LogP contribution is -2.41. The monoisotopic (exact) mass is 377 g/mol. The van der Waals surface area contributed by atoms with Gasteiger partial charge in [-0.1, -0.05) is 12.1 Å². The summed E-state index contributed by atoms with van der Waals surface area (Å²) in [7, 11) is 1.28. The van der Waals surface area contributed by atoms with Crippen molar-refractivity contribution in [1.82, 2.24) is 10.2 Å². The van der Waals surface area contributed by atoms with E-state index in [2.05, 4.69) is 10.1 Å². The van der Waals surface area contributed by atoms with Crippen molar-refractivity contribution in [2.24, 2.45) is 0 Å². The molecule has 1 aromatic rings. The minimum Gasteiger partial charge on any atom is -0.466 e. The number of hydrogen-bond donors (Lipinski definition) is 1. The van der Waals surface area contributed by atoms with Gasteiger partial charge in [0, 0.05) is 50.0 Å². The topological polar surface area (TPSA) is 119 Å². The molecule has 0 atom stereocenters. The van der Waals surface area contributed by atoms with E-state index in [0.717, 1.165) is 0 Å². The molecule has 0 saturated heterocycles. The number of esters is 1. The number of hydrogen-bond acceptors (Lipinski definition) is 7. The van der Waals surface area contributed by atoms with E-state index in [1.807, 2.05) is 0 Å². The summed E-state index contributed by atoms with van der Waals surface area (Å²) >= 11 is 0. The second kappa shape index (κ2) is 10.7. The first-order valence-corrected chi connectivity index (χ1v) is 8.34. The number of nitro groups is 1. The molecule has 0 heterocycles. The number of nitrogens with one attached hydrogen (secondary N) is 1. The number of non-ortho nitro benzene ring substituents is 1. The van der Waals surface area contributed by atoms with Crippen molar-refractivity contribution in [3.8, 4) is 0 Å². The number of methoxy groups -OCH3 is 1. The number of amides is 1. The maximum atomic E-state index is 12.3. The first kappa shape index (κ1) is 21.8. The predicted molar refractivity (Wildman–Crippen MR) is 97.8 cm³/mol. The second-order valence-electron chi connectivity index (χ2n) is 5.69. The Kier molecular flexibility index (Phi) is 8.64. The van der Waals surface area contributed by atoms with Gasteiger partial charge < -0.3 is 15.0 Å². The Labute approximate surface area is 157 Å². The highest BCUT2D eigenvalue weighted by Crippen LogP contribution is 2.12. The molecule has 146 valence electrons.